The van der Waals surface area contributed by atoms with Gasteiger partial charge in [-0.2, -0.15) is 0 Å². The first-order chi connectivity index (χ1) is 11.3. The van der Waals surface area contributed by atoms with Crippen LogP contribution in [0.5, 0.6) is 0 Å². The lowest BCUT2D eigenvalue weighted by Crippen LogP contribution is -2.13. The Morgan fingerprint density at radius 1 is 1.17 bits per heavy atom. The molecule has 3 heteroatoms. The highest BCUT2D eigenvalue weighted by Gasteiger charge is 2.18. The summed E-state index contributed by atoms with van der Waals surface area (Å²) in [4.78, 5) is 24.5. The molecule has 1 aromatic rings. The quantitative estimate of drug-likeness (QED) is 0.453. The van der Waals surface area contributed by atoms with E-state index < -0.39 is 5.97 Å². The largest absolute Gasteiger partial charge is 0.466 e. The van der Waals surface area contributed by atoms with E-state index in [1.54, 1.807) is 6.08 Å². The maximum atomic E-state index is 12.5. The topological polar surface area (TPSA) is 43.4 Å². The predicted octanol–water partition coefficient (Wildman–Crippen LogP) is 4.54. The number of ether oxygens (including phenoxy) is 1. The molecule has 0 aliphatic heterocycles. The highest BCUT2D eigenvalue weighted by atomic mass is 16.5. The summed E-state index contributed by atoms with van der Waals surface area (Å²) in [5, 5.41) is 0. The summed E-state index contributed by atoms with van der Waals surface area (Å²) in [6.45, 7) is 6.39. The van der Waals surface area contributed by atoms with E-state index in [1.807, 2.05) is 42.5 Å². The second-order valence-corrected chi connectivity index (χ2v) is 6.96. The molecular formula is C21H24O3. The third-order valence-electron chi connectivity index (χ3n) is 4.03. The fourth-order valence-corrected chi connectivity index (χ4v) is 2.54. The zero-order valence-corrected chi connectivity index (χ0v) is 14.8. The Bertz CT molecular complexity index is 710. The van der Waals surface area contributed by atoms with Crippen molar-refractivity contribution >= 4 is 11.8 Å². The van der Waals surface area contributed by atoms with Crippen LogP contribution in [0.25, 0.3) is 0 Å². The summed E-state index contributed by atoms with van der Waals surface area (Å²) in [6.07, 6.45) is 8.45. The second-order valence-electron chi connectivity index (χ2n) is 6.96. The number of carbonyl (C=O) groups excluding carboxylic acids is 2. The van der Waals surface area contributed by atoms with Crippen LogP contribution in [0.3, 0.4) is 0 Å². The number of benzene rings is 1. The monoisotopic (exact) mass is 324 g/mol. The summed E-state index contributed by atoms with van der Waals surface area (Å²) < 4.78 is 4.82. The maximum absolute atomic E-state index is 12.5. The van der Waals surface area contributed by atoms with Crippen LogP contribution >= 0.6 is 0 Å². The van der Waals surface area contributed by atoms with E-state index >= 15 is 0 Å². The zero-order chi connectivity index (χ0) is 17.7. The molecule has 3 nitrogen and oxygen atoms in total. The minimum atomic E-state index is -0.456. The molecule has 0 amide bonds. The molecular weight excluding hydrogens is 300 g/mol. The molecule has 0 fully saturated rings. The van der Waals surface area contributed by atoms with E-state index in [4.69, 9.17) is 4.74 Å². The van der Waals surface area contributed by atoms with Crippen molar-refractivity contribution in [3.05, 3.63) is 70.8 Å². The van der Waals surface area contributed by atoms with Gasteiger partial charge >= 0.3 is 5.97 Å². The molecule has 2 rings (SSSR count). The van der Waals surface area contributed by atoms with E-state index in [2.05, 4.69) is 20.8 Å². The van der Waals surface area contributed by atoms with E-state index in [-0.39, 0.29) is 17.6 Å². The number of methoxy groups -OCH3 is 1. The third kappa shape index (κ3) is 4.54. The van der Waals surface area contributed by atoms with Gasteiger partial charge in [0.1, 0.15) is 0 Å². The van der Waals surface area contributed by atoms with Gasteiger partial charge in [0.2, 0.25) is 0 Å². The molecule has 1 aliphatic carbocycles. The highest BCUT2D eigenvalue weighted by molar-refractivity contribution is 6.03. The summed E-state index contributed by atoms with van der Waals surface area (Å²) >= 11 is 0. The van der Waals surface area contributed by atoms with Crippen molar-refractivity contribution in [1.82, 2.24) is 0 Å². The van der Waals surface area contributed by atoms with Crippen LogP contribution in [0.1, 0.15) is 49.5 Å². The molecule has 126 valence electrons. The highest BCUT2D eigenvalue weighted by Crippen LogP contribution is 2.23. The average Bonchev–Trinajstić information content (AvgIpc) is 3.05. The van der Waals surface area contributed by atoms with Crippen molar-refractivity contribution in [1.29, 1.82) is 0 Å². The molecule has 0 saturated heterocycles. The molecule has 0 unspecified atom stereocenters. The third-order valence-corrected chi connectivity index (χ3v) is 4.03. The molecule has 0 saturated carbocycles. The number of carbonyl (C=O) groups is 2. The standard InChI is InChI=1S/C21H24O3/c1-21(2,3)18-11-9-16(10-12-18)19(22)14-17(20(23)24-4)13-15-7-5-6-8-15/h5-7,9-13H,8,14H2,1-4H3. The molecule has 0 N–H and O–H groups in total. The van der Waals surface area contributed by atoms with Gasteiger partial charge in [-0.15, -0.1) is 0 Å². The molecule has 0 heterocycles. The first-order valence-corrected chi connectivity index (χ1v) is 8.09. The fraction of sp³-hybridized carbons (Fsp3) is 0.333. The van der Waals surface area contributed by atoms with Gasteiger partial charge in [-0.05, 0) is 29.0 Å². The Kier molecular flexibility index (Phi) is 5.55. The van der Waals surface area contributed by atoms with Gasteiger partial charge in [-0.3, -0.25) is 4.79 Å². The van der Waals surface area contributed by atoms with Crippen LogP contribution in [0.2, 0.25) is 0 Å². The molecule has 0 bridgehead atoms. The Morgan fingerprint density at radius 3 is 2.33 bits per heavy atom. The summed E-state index contributed by atoms with van der Waals surface area (Å²) in [5.41, 5.74) is 3.21. The normalized spacial score (nSPS) is 14.5. The molecule has 1 aliphatic rings. The van der Waals surface area contributed by atoms with Crippen molar-refractivity contribution in [2.45, 2.75) is 39.0 Å². The van der Waals surface area contributed by atoms with Crippen molar-refractivity contribution in [3.63, 3.8) is 0 Å². The van der Waals surface area contributed by atoms with Gasteiger partial charge in [-0.1, -0.05) is 63.3 Å². The van der Waals surface area contributed by atoms with Gasteiger partial charge in [0.15, 0.2) is 5.78 Å². The minimum Gasteiger partial charge on any atom is -0.466 e. The fourth-order valence-electron chi connectivity index (χ4n) is 2.54. The van der Waals surface area contributed by atoms with Gasteiger partial charge < -0.3 is 4.74 Å². The van der Waals surface area contributed by atoms with E-state index in [0.717, 1.165) is 12.0 Å². The van der Waals surface area contributed by atoms with Gasteiger partial charge in [0.05, 0.1) is 7.11 Å². The predicted molar refractivity (Wildman–Crippen MR) is 96.0 cm³/mol. The minimum absolute atomic E-state index is 0.0406. The Morgan fingerprint density at radius 2 is 1.83 bits per heavy atom. The molecule has 0 radical (unpaired) electrons. The van der Waals surface area contributed by atoms with Gasteiger partial charge in [-0.25, -0.2) is 4.79 Å². The number of hydrogen-bond donors (Lipinski definition) is 0. The van der Waals surface area contributed by atoms with E-state index in [9.17, 15) is 9.59 Å². The Balaban J connectivity index is 2.17. The van der Waals surface area contributed by atoms with Crippen molar-refractivity contribution in [2.75, 3.05) is 7.11 Å². The van der Waals surface area contributed by atoms with E-state index in [0.29, 0.717) is 11.1 Å². The number of hydrogen-bond acceptors (Lipinski definition) is 3. The summed E-state index contributed by atoms with van der Waals surface area (Å²) in [6, 6.07) is 7.60. The smallest absolute Gasteiger partial charge is 0.334 e. The van der Waals surface area contributed by atoms with Gasteiger partial charge in [0, 0.05) is 17.6 Å². The number of allylic oxidation sites excluding steroid dienone is 5. The number of rotatable bonds is 5. The molecule has 0 atom stereocenters. The molecule has 24 heavy (non-hydrogen) atoms. The molecule has 0 spiro atoms. The SMILES string of the molecule is COC(=O)C(=CC1=CC=CC1)CC(=O)c1ccc(C(C)(C)C)cc1. The Labute approximate surface area is 143 Å². The van der Waals surface area contributed by atoms with Crippen LogP contribution in [0.15, 0.2) is 59.7 Å². The van der Waals surface area contributed by atoms with Crippen molar-refractivity contribution < 1.29 is 14.3 Å². The summed E-state index contributed by atoms with van der Waals surface area (Å²) in [5.74, 6) is -0.541. The van der Waals surface area contributed by atoms with Crippen LogP contribution in [-0.4, -0.2) is 18.9 Å². The van der Waals surface area contributed by atoms with Crippen molar-refractivity contribution in [2.24, 2.45) is 0 Å². The molecule has 1 aromatic carbocycles. The number of Topliss-reactive ketones (excluding diaryl/α,β-unsaturated/α-hetero) is 1. The van der Waals surface area contributed by atoms with E-state index in [1.165, 1.54) is 12.7 Å². The average molecular weight is 324 g/mol. The van der Waals surface area contributed by atoms with Crippen LogP contribution in [-0.2, 0) is 14.9 Å². The lowest BCUT2D eigenvalue weighted by Gasteiger charge is -2.19. The lowest BCUT2D eigenvalue weighted by atomic mass is 9.86. The second kappa shape index (κ2) is 7.43. The number of ketones is 1. The Hall–Kier alpha value is -2.42. The zero-order valence-electron chi connectivity index (χ0n) is 14.8. The van der Waals surface area contributed by atoms with Gasteiger partial charge in [0.25, 0.3) is 0 Å². The van der Waals surface area contributed by atoms with Crippen molar-refractivity contribution in [3.8, 4) is 0 Å². The first-order valence-electron chi connectivity index (χ1n) is 8.09. The molecule has 0 aromatic heterocycles. The lowest BCUT2D eigenvalue weighted by molar-refractivity contribution is -0.136. The first kappa shape index (κ1) is 17.9. The van der Waals surface area contributed by atoms with Crippen LogP contribution in [0.4, 0.5) is 0 Å². The van der Waals surface area contributed by atoms with Crippen LogP contribution in [0, 0.1) is 0 Å². The van der Waals surface area contributed by atoms with Crippen LogP contribution < -0.4 is 0 Å². The maximum Gasteiger partial charge on any atom is 0.334 e. The number of esters is 1. The summed E-state index contributed by atoms with van der Waals surface area (Å²) in [7, 11) is 1.33.